The van der Waals surface area contributed by atoms with Crippen LogP contribution in [0.15, 0.2) is 72.8 Å². The average molecular weight is 395 g/mol. The Balaban J connectivity index is 1.70. The number of ether oxygens (including phenoxy) is 1. The highest BCUT2D eigenvalue weighted by Gasteiger charge is 2.14. The van der Waals surface area contributed by atoms with Gasteiger partial charge in [-0.05, 0) is 54.6 Å². The summed E-state index contributed by atoms with van der Waals surface area (Å²) in [5.74, 6) is 0.0850. The molecule has 0 unspecified atom stereocenters. The van der Waals surface area contributed by atoms with Crippen LogP contribution in [0.25, 0.3) is 0 Å². The number of anilines is 2. The number of nitrogens with zero attached hydrogens (tertiary/aromatic N) is 1. The molecule has 0 radical (unpaired) electrons. The summed E-state index contributed by atoms with van der Waals surface area (Å²) in [6.45, 7) is 0. The molecule has 0 atom stereocenters. The minimum Gasteiger partial charge on any atom is -0.495 e. The summed E-state index contributed by atoms with van der Waals surface area (Å²) in [6, 6.07) is 20.9. The smallest absolute Gasteiger partial charge is 0.258 e. The molecule has 2 amide bonds. The zero-order valence-electron chi connectivity index (χ0n) is 15.5. The lowest BCUT2D eigenvalue weighted by atomic mass is 10.1. The van der Waals surface area contributed by atoms with Crippen molar-refractivity contribution in [2.45, 2.75) is 0 Å². The first-order valence-electron chi connectivity index (χ1n) is 8.57. The summed E-state index contributed by atoms with van der Waals surface area (Å²) in [4.78, 5) is 26.6. The maximum atomic E-state index is 12.6. The van der Waals surface area contributed by atoms with Crippen molar-refractivity contribution in [1.82, 2.24) is 0 Å². The van der Waals surface area contributed by atoms with Crippen molar-refractivity contribution in [2.75, 3.05) is 24.4 Å². The van der Waals surface area contributed by atoms with E-state index < -0.39 is 0 Å². The molecule has 0 saturated heterocycles. The van der Waals surface area contributed by atoms with Crippen LogP contribution in [0.4, 0.5) is 11.4 Å². The van der Waals surface area contributed by atoms with E-state index in [1.54, 1.807) is 54.4 Å². The van der Waals surface area contributed by atoms with Gasteiger partial charge in [0.1, 0.15) is 5.75 Å². The standard InChI is InChI=1S/C22H19ClN2O3/c1-25(18-6-4-3-5-7-18)22(27)16-10-8-15(9-11-16)21(26)24-17-12-13-20(28-2)19(23)14-17/h3-14H,1-2H3,(H,24,26). The number of amides is 2. The molecule has 0 aromatic heterocycles. The summed E-state index contributed by atoms with van der Waals surface area (Å²) in [7, 11) is 3.24. The third kappa shape index (κ3) is 4.32. The van der Waals surface area contributed by atoms with Crippen molar-refractivity contribution >= 4 is 34.8 Å². The van der Waals surface area contributed by atoms with Gasteiger partial charge in [0, 0.05) is 29.5 Å². The second kappa shape index (κ2) is 8.59. The highest BCUT2D eigenvalue weighted by Crippen LogP contribution is 2.27. The lowest BCUT2D eigenvalue weighted by molar-refractivity contribution is 0.0989. The topological polar surface area (TPSA) is 58.6 Å². The van der Waals surface area contributed by atoms with E-state index in [1.807, 2.05) is 30.3 Å². The Morgan fingerprint density at radius 1 is 0.929 bits per heavy atom. The molecule has 28 heavy (non-hydrogen) atoms. The molecule has 3 aromatic rings. The van der Waals surface area contributed by atoms with Gasteiger partial charge in [0.05, 0.1) is 12.1 Å². The zero-order chi connectivity index (χ0) is 20.1. The van der Waals surface area contributed by atoms with Gasteiger partial charge in [0.15, 0.2) is 0 Å². The Hall–Kier alpha value is -3.31. The highest BCUT2D eigenvalue weighted by molar-refractivity contribution is 6.32. The van der Waals surface area contributed by atoms with Gasteiger partial charge in [-0.25, -0.2) is 0 Å². The second-order valence-corrected chi connectivity index (χ2v) is 6.49. The Morgan fingerprint density at radius 3 is 2.18 bits per heavy atom. The third-order valence-corrected chi connectivity index (χ3v) is 4.55. The first kappa shape index (κ1) is 19.5. The van der Waals surface area contributed by atoms with Crippen LogP contribution >= 0.6 is 11.6 Å². The quantitative estimate of drug-likeness (QED) is 0.671. The molecule has 3 rings (SSSR count). The van der Waals surface area contributed by atoms with Gasteiger partial charge in [-0.3, -0.25) is 9.59 Å². The Bertz CT molecular complexity index is 988. The number of methoxy groups -OCH3 is 1. The number of carbonyl (C=O) groups is 2. The van der Waals surface area contributed by atoms with Crippen molar-refractivity contribution in [1.29, 1.82) is 0 Å². The van der Waals surface area contributed by atoms with Gasteiger partial charge in [0.2, 0.25) is 0 Å². The number of hydrogen-bond acceptors (Lipinski definition) is 3. The molecule has 5 nitrogen and oxygen atoms in total. The van der Waals surface area contributed by atoms with E-state index in [-0.39, 0.29) is 11.8 Å². The number of nitrogens with one attached hydrogen (secondary N) is 1. The van der Waals surface area contributed by atoms with Crippen LogP contribution < -0.4 is 15.0 Å². The fourth-order valence-electron chi connectivity index (χ4n) is 2.67. The van der Waals surface area contributed by atoms with Crippen LogP contribution in [-0.2, 0) is 0 Å². The Kier molecular flexibility index (Phi) is 5.96. The van der Waals surface area contributed by atoms with Crippen LogP contribution in [-0.4, -0.2) is 26.0 Å². The first-order valence-corrected chi connectivity index (χ1v) is 8.95. The summed E-state index contributed by atoms with van der Waals surface area (Å²) < 4.78 is 5.10. The molecule has 3 aromatic carbocycles. The minimum atomic E-state index is -0.295. The molecule has 0 fully saturated rings. The van der Waals surface area contributed by atoms with Crippen LogP contribution in [0, 0.1) is 0 Å². The van der Waals surface area contributed by atoms with E-state index in [0.717, 1.165) is 5.69 Å². The lowest BCUT2D eigenvalue weighted by Crippen LogP contribution is -2.26. The van der Waals surface area contributed by atoms with Gasteiger partial charge < -0.3 is 15.0 Å². The van der Waals surface area contributed by atoms with E-state index in [2.05, 4.69) is 5.32 Å². The molecular formula is C22H19ClN2O3. The van der Waals surface area contributed by atoms with Crippen molar-refractivity contribution in [3.8, 4) is 5.75 Å². The van der Waals surface area contributed by atoms with E-state index >= 15 is 0 Å². The molecule has 0 aliphatic heterocycles. The summed E-state index contributed by atoms with van der Waals surface area (Å²) in [5, 5.41) is 3.18. The van der Waals surface area contributed by atoms with Crippen molar-refractivity contribution in [2.24, 2.45) is 0 Å². The molecule has 142 valence electrons. The average Bonchev–Trinajstić information content (AvgIpc) is 2.73. The largest absolute Gasteiger partial charge is 0.495 e. The summed E-state index contributed by atoms with van der Waals surface area (Å²) in [6.07, 6.45) is 0. The Morgan fingerprint density at radius 2 is 1.57 bits per heavy atom. The van der Waals surface area contributed by atoms with Crippen LogP contribution in [0.5, 0.6) is 5.75 Å². The molecule has 6 heteroatoms. The van der Waals surface area contributed by atoms with E-state index in [9.17, 15) is 9.59 Å². The van der Waals surface area contributed by atoms with Crippen LogP contribution in [0.3, 0.4) is 0 Å². The third-order valence-electron chi connectivity index (χ3n) is 4.25. The number of carbonyl (C=O) groups excluding carboxylic acids is 2. The molecule has 1 N–H and O–H groups in total. The molecule has 0 spiro atoms. The number of benzene rings is 3. The van der Waals surface area contributed by atoms with Crippen molar-refractivity contribution < 1.29 is 14.3 Å². The second-order valence-electron chi connectivity index (χ2n) is 6.08. The normalized spacial score (nSPS) is 10.2. The van der Waals surface area contributed by atoms with Crippen LogP contribution in [0.2, 0.25) is 5.02 Å². The molecule has 0 saturated carbocycles. The van der Waals surface area contributed by atoms with Gasteiger partial charge >= 0.3 is 0 Å². The molecule has 0 aliphatic carbocycles. The molecular weight excluding hydrogens is 376 g/mol. The molecule has 0 aliphatic rings. The van der Waals surface area contributed by atoms with Gasteiger partial charge in [-0.15, -0.1) is 0 Å². The van der Waals surface area contributed by atoms with Crippen molar-refractivity contribution in [3.63, 3.8) is 0 Å². The predicted octanol–water partition coefficient (Wildman–Crippen LogP) is 4.88. The van der Waals surface area contributed by atoms with E-state index in [0.29, 0.717) is 27.6 Å². The van der Waals surface area contributed by atoms with Gasteiger partial charge in [-0.2, -0.15) is 0 Å². The zero-order valence-corrected chi connectivity index (χ0v) is 16.2. The number of halogens is 1. The fraction of sp³-hybridized carbons (Fsp3) is 0.0909. The summed E-state index contributed by atoms with van der Waals surface area (Å²) >= 11 is 6.08. The first-order chi connectivity index (χ1) is 13.5. The predicted molar refractivity (Wildman–Crippen MR) is 112 cm³/mol. The van der Waals surface area contributed by atoms with Crippen LogP contribution in [0.1, 0.15) is 20.7 Å². The maximum Gasteiger partial charge on any atom is 0.258 e. The maximum absolute atomic E-state index is 12.6. The van der Waals surface area contributed by atoms with E-state index in [1.165, 1.54) is 7.11 Å². The van der Waals surface area contributed by atoms with Crippen molar-refractivity contribution in [3.05, 3.63) is 88.9 Å². The van der Waals surface area contributed by atoms with Gasteiger partial charge in [-0.1, -0.05) is 29.8 Å². The van der Waals surface area contributed by atoms with E-state index in [4.69, 9.17) is 16.3 Å². The van der Waals surface area contributed by atoms with Gasteiger partial charge in [0.25, 0.3) is 11.8 Å². The Labute approximate surface area is 168 Å². The number of hydrogen-bond donors (Lipinski definition) is 1. The molecule has 0 heterocycles. The number of rotatable bonds is 5. The highest BCUT2D eigenvalue weighted by atomic mass is 35.5. The number of para-hydroxylation sites is 1. The molecule has 0 bridgehead atoms. The fourth-order valence-corrected chi connectivity index (χ4v) is 2.93. The SMILES string of the molecule is COc1ccc(NC(=O)c2ccc(C(=O)N(C)c3ccccc3)cc2)cc1Cl. The monoisotopic (exact) mass is 394 g/mol. The lowest BCUT2D eigenvalue weighted by Gasteiger charge is -2.17. The summed E-state index contributed by atoms with van der Waals surface area (Å²) in [5.41, 5.74) is 2.28. The minimum absolute atomic E-state index is 0.153.